The highest BCUT2D eigenvalue weighted by Gasteiger charge is 2.16. The first-order valence-corrected chi connectivity index (χ1v) is 6.08. The molecule has 5 N–H and O–H groups in total. The van der Waals surface area contributed by atoms with Crippen LogP contribution in [0.5, 0.6) is 11.5 Å². The Labute approximate surface area is 111 Å². The molecule has 1 atom stereocenters. The number of hydrogen-bond donors (Lipinski definition) is 4. The number of phenolic OH excluding ortho intramolecular Hbond substituents is 2. The lowest BCUT2D eigenvalue weighted by Crippen LogP contribution is -2.34. The predicted molar refractivity (Wildman–Crippen MR) is 68.7 cm³/mol. The topological polar surface area (TPSA) is 113 Å². The number of carbonyl (C=O) groups excluding carboxylic acids is 1. The molecule has 0 radical (unpaired) electrons. The molecule has 0 fully saturated rings. The number of rotatable bonds is 7. The van der Waals surface area contributed by atoms with Gasteiger partial charge in [-0.1, -0.05) is 6.07 Å². The van der Waals surface area contributed by atoms with Crippen molar-refractivity contribution in [2.45, 2.75) is 25.3 Å². The number of ether oxygens (including phenoxy) is 1. The Kier molecular flexibility index (Phi) is 6.11. The number of aliphatic hydroxyl groups excluding tert-OH is 1. The highest BCUT2D eigenvalue weighted by molar-refractivity contribution is 5.75. The molecule has 106 valence electrons. The molecule has 0 unspecified atom stereocenters. The lowest BCUT2D eigenvalue weighted by Gasteiger charge is -2.12. The number of benzene rings is 1. The van der Waals surface area contributed by atoms with Gasteiger partial charge in [0.05, 0.1) is 6.61 Å². The third-order valence-electron chi connectivity index (χ3n) is 2.59. The molecule has 0 spiro atoms. The Hall–Kier alpha value is -1.79. The average Bonchev–Trinajstić information content (AvgIpc) is 2.38. The van der Waals surface area contributed by atoms with Gasteiger partial charge in [0.25, 0.3) is 0 Å². The number of esters is 1. The maximum atomic E-state index is 11.5. The predicted octanol–water partition coefficient (Wildman–Crippen LogP) is 0.283. The van der Waals surface area contributed by atoms with Crippen molar-refractivity contribution in [3.8, 4) is 11.5 Å². The Morgan fingerprint density at radius 1 is 1.26 bits per heavy atom. The summed E-state index contributed by atoms with van der Waals surface area (Å²) in [7, 11) is 0. The number of hydrogen-bond acceptors (Lipinski definition) is 6. The lowest BCUT2D eigenvalue weighted by molar-refractivity contribution is -0.145. The van der Waals surface area contributed by atoms with Crippen molar-refractivity contribution in [2.75, 3.05) is 13.2 Å². The summed E-state index contributed by atoms with van der Waals surface area (Å²) in [4.78, 5) is 11.5. The van der Waals surface area contributed by atoms with E-state index in [0.717, 1.165) is 0 Å². The van der Waals surface area contributed by atoms with Crippen LogP contribution in [0.3, 0.4) is 0 Å². The highest BCUT2D eigenvalue weighted by atomic mass is 16.5. The summed E-state index contributed by atoms with van der Waals surface area (Å²) in [5.41, 5.74) is 6.32. The molecule has 1 aromatic carbocycles. The minimum Gasteiger partial charge on any atom is -0.504 e. The molecule has 0 aliphatic carbocycles. The van der Waals surface area contributed by atoms with E-state index >= 15 is 0 Å². The summed E-state index contributed by atoms with van der Waals surface area (Å²) in [5.74, 6) is -0.990. The van der Waals surface area contributed by atoms with Crippen molar-refractivity contribution in [3.05, 3.63) is 23.8 Å². The van der Waals surface area contributed by atoms with Crippen molar-refractivity contribution >= 4 is 5.97 Å². The fourth-order valence-electron chi connectivity index (χ4n) is 1.53. The first-order chi connectivity index (χ1) is 9.04. The van der Waals surface area contributed by atoms with Gasteiger partial charge in [0.2, 0.25) is 0 Å². The standard InChI is InChI=1S/C13H19NO5/c14-10(13(18)19-6-2-1-5-15)7-9-3-4-11(16)12(17)8-9/h3-4,8,10,15-17H,1-2,5-7,14H2/t10-/m0/s1. The van der Waals surface area contributed by atoms with Crippen molar-refractivity contribution < 1.29 is 24.9 Å². The normalized spacial score (nSPS) is 12.1. The van der Waals surface area contributed by atoms with Gasteiger partial charge in [-0.3, -0.25) is 4.79 Å². The number of carbonyl (C=O) groups is 1. The van der Waals surface area contributed by atoms with E-state index in [-0.39, 0.29) is 31.1 Å². The fraction of sp³-hybridized carbons (Fsp3) is 0.462. The van der Waals surface area contributed by atoms with Gasteiger partial charge in [-0.15, -0.1) is 0 Å². The summed E-state index contributed by atoms with van der Waals surface area (Å²) in [5, 5.41) is 27.1. The van der Waals surface area contributed by atoms with Crippen LogP contribution in [0.25, 0.3) is 0 Å². The summed E-state index contributed by atoms with van der Waals surface area (Å²) in [6, 6.07) is 3.45. The van der Waals surface area contributed by atoms with Crippen LogP contribution in [0.4, 0.5) is 0 Å². The lowest BCUT2D eigenvalue weighted by atomic mass is 10.1. The van der Waals surface area contributed by atoms with Crippen molar-refractivity contribution in [3.63, 3.8) is 0 Å². The molecule has 6 heteroatoms. The molecule has 0 amide bonds. The smallest absolute Gasteiger partial charge is 0.323 e. The zero-order valence-electron chi connectivity index (χ0n) is 10.6. The maximum absolute atomic E-state index is 11.5. The molecule has 0 heterocycles. The molecular formula is C13H19NO5. The number of aliphatic hydroxyl groups is 1. The van der Waals surface area contributed by atoms with Crippen LogP contribution in [-0.4, -0.2) is 40.5 Å². The van der Waals surface area contributed by atoms with Crippen molar-refractivity contribution in [1.29, 1.82) is 0 Å². The van der Waals surface area contributed by atoms with E-state index in [1.165, 1.54) is 12.1 Å². The minimum atomic E-state index is -0.821. The second kappa shape index (κ2) is 7.60. The van der Waals surface area contributed by atoms with Crippen molar-refractivity contribution in [1.82, 2.24) is 0 Å². The summed E-state index contributed by atoms with van der Waals surface area (Å²) in [6.45, 7) is 0.296. The van der Waals surface area contributed by atoms with E-state index < -0.39 is 12.0 Å². The molecule has 0 aliphatic heterocycles. The third kappa shape index (κ3) is 5.15. The summed E-state index contributed by atoms with van der Waals surface area (Å²) >= 11 is 0. The Bertz CT molecular complexity index is 421. The molecule has 0 bridgehead atoms. The van der Waals surface area contributed by atoms with Crippen LogP contribution in [0.1, 0.15) is 18.4 Å². The van der Waals surface area contributed by atoms with Crippen LogP contribution >= 0.6 is 0 Å². The second-order valence-electron chi connectivity index (χ2n) is 4.23. The molecule has 19 heavy (non-hydrogen) atoms. The van der Waals surface area contributed by atoms with Crippen LogP contribution in [0.15, 0.2) is 18.2 Å². The first kappa shape index (κ1) is 15.3. The number of unbranched alkanes of at least 4 members (excludes halogenated alkanes) is 1. The zero-order valence-corrected chi connectivity index (χ0v) is 10.6. The second-order valence-corrected chi connectivity index (χ2v) is 4.23. The SMILES string of the molecule is N[C@@H](Cc1ccc(O)c(O)c1)C(=O)OCCCCO. The maximum Gasteiger partial charge on any atom is 0.323 e. The van der Waals surface area contributed by atoms with Gasteiger partial charge in [-0.05, 0) is 37.0 Å². The molecule has 0 saturated heterocycles. The van der Waals surface area contributed by atoms with Crippen molar-refractivity contribution in [2.24, 2.45) is 5.73 Å². The molecule has 0 aromatic heterocycles. The average molecular weight is 269 g/mol. The molecule has 1 aromatic rings. The molecule has 1 rings (SSSR count). The fourth-order valence-corrected chi connectivity index (χ4v) is 1.53. The van der Waals surface area contributed by atoms with E-state index in [1.54, 1.807) is 6.07 Å². The van der Waals surface area contributed by atoms with E-state index in [9.17, 15) is 9.90 Å². The van der Waals surface area contributed by atoms with Gasteiger partial charge in [0.15, 0.2) is 11.5 Å². The molecule has 6 nitrogen and oxygen atoms in total. The third-order valence-corrected chi connectivity index (χ3v) is 2.59. The molecule has 0 aliphatic rings. The Balaban J connectivity index is 2.42. The van der Waals surface area contributed by atoms with Gasteiger partial charge < -0.3 is 25.8 Å². The first-order valence-electron chi connectivity index (χ1n) is 6.08. The number of nitrogens with two attached hydrogens (primary N) is 1. The van der Waals surface area contributed by atoms with Crippen LogP contribution in [-0.2, 0) is 16.0 Å². The number of phenols is 2. The van der Waals surface area contributed by atoms with Crippen LogP contribution in [0, 0.1) is 0 Å². The Morgan fingerprint density at radius 3 is 2.63 bits per heavy atom. The van der Waals surface area contributed by atoms with Gasteiger partial charge in [-0.2, -0.15) is 0 Å². The van der Waals surface area contributed by atoms with Crippen LogP contribution < -0.4 is 5.73 Å². The quantitative estimate of drug-likeness (QED) is 0.321. The van der Waals surface area contributed by atoms with Crippen LogP contribution in [0.2, 0.25) is 0 Å². The molecule has 0 saturated carbocycles. The minimum absolute atomic E-state index is 0.0659. The van der Waals surface area contributed by atoms with E-state index in [1.807, 2.05) is 0 Å². The van der Waals surface area contributed by atoms with E-state index in [2.05, 4.69) is 0 Å². The van der Waals surface area contributed by atoms with Gasteiger partial charge >= 0.3 is 5.97 Å². The van der Waals surface area contributed by atoms with E-state index in [4.69, 9.17) is 20.7 Å². The monoisotopic (exact) mass is 269 g/mol. The number of aromatic hydroxyl groups is 2. The Morgan fingerprint density at radius 2 is 2.00 bits per heavy atom. The van der Waals surface area contributed by atoms with Gasteiger partial charge in [-0.25, -0.2) is 0 Å². The summed E-state index contributed by atoms with van der Waals surface area (Å²) in [6.07, 6.45) is 1.38. The highest BCUT2D eigenvalue weighted by Crippen LogP contribution is 2.25. The van der Waals surface area contributed by atoms with Gasteiger partial charge in [0.1, 0.15) is 6.04 Å². The van der Waals surface area contributed by atoms with E-state index in [0.29, 0.717) is 18.4 Å². The zero-order chi connectivity index (χ0) is 14.3. The molecular weight excluding hydrogens is 250 g/mol. The van der Waals surface area contributed by atoms with Gasteiger partial charge in [0, 0.05) is 6.61 Å². The summed E-state index contributed by atoms with van der Waals surface area (Å²) < 4.78 is 4.95. The largest absolute Gasteiger partial charge is 0.504 e.